The molecular weight excluding hydrogens is 328 g/mol. The van der Waals surface area contributed by atoms with E-state index in [4.69, 9.17) is 5.73 Å². The van der Waals surface area contributed by atoms with Gasteiger partial charge in [0.2, 0.25) is 0 Å². The van der Waals surface area contributed by atoms with Gasteiger partial charge >= 0.3 is 0 Å². The fourth-order valence-electron chi connectivity index (χ4n) is 2.18. The van der Waals surface area contributed by atoms with Gasteiger partial charge in [-0.2, -0.15) is 0 Å². The monoisotopic (exact) mass is 346 g/mol. The van der Waals surface area contributed by atoms with Crippen LogP contribution in [0.1, 0.15) is 21.5 Å². The molecule has 4 heteroatoms. The van der Waals surface area contributed by atoms with Gasteiger partial charge in [-0.15, -0.1) is 0 Å². The first kappa shape index (κ1) is 15.7. The van der Waals surface area contributed by atoms with Crippen molar-refractivity contribution in [2.45, 2.75) is 13.0 Å². The molecule has 2 aromatic rings. The molecule has 0 aromatic heterocycles. The van der Waals surface area contributed by atoms with Crippen LogP contribution in [-0.2, 0) is 13.0 Å². The summed E-state index contributed by atoms with van der Waals surface area (Å²) in [4.78, 5) is 14.1. The summed E-state index contributed by atoms with van der Waals surface area (Å²) in [5.74, 6) is 0.0225. The van der Waals surface area contributed by atoms with Crippen molar-refractivity contribution in [3.63, 3.8) is 0 Å². The third-order valence-electron chi connectivity index (χ3n) is 3.29. The molecule has 0 saturated heterocycles. The Kier molecular flexibility index (Phi) is 5.53. The highest BCUT2D eigenvalue weighted by atomic mass is 79.9. The molecule has 0 heterocycles. The Morgan fingerprint density at radius 1 is 1.14 bits per heavy atom. The molecule has 0 radical (unpaired) electrons. The van der Waals surface area contributed by atoms with Crippen LogP contribution >= 0.6 is 15.9 Å². The number of amides is 1. The SMILES string of the molecule is CN(Cc1cccc(Br)c1)C(=O)c1ccc(CCN)cc1. The Morgan fingerprint density at radius 2 is 1.86 bits per heavy atom. The van der Waals surface area contributed by atoms with E-state index >= 15 is 0 Å². The van der Waals surface area contributed by atoms with E-state index in [9.17, 15) is 4.79 Å². The van der Waals surface area contributed by atoms with E-state index in [1.165, 1.54) is 0 Å². The lowest BCUT2D eigenvalue weighted by Crippen LogP contribution is -2.26. The fraction of sp³-hybridized carbons (Fsp3) is 0.235. The van der Waals surface area contributed by atoms with Crippen molar-refractivity contribution < 1.29 is 4.79 Å². The summed E-state index contributed by atoms with van der Waals surface area (Å²) < 4.78 is 1.02. The van der Waals surface area contributed by atoms with Crippen LogP contribution in [0.5, 0.6) is 0 Å². The third-order valence-corrected chi connectivity index (χ3v) is 3.78. The quantitative estimate of drug-likeness (QED) is 0.903. The summed E-state index contributed by atoms with van der Waals surface area (Å²) in [7, 11) is 1.82. The van der Waals surface area contributed by atoms with E-state index in [0.29, 0.717) is 18.7 Å². The molecule has 3 nitrogen and oxygen atoms in total. The molecule has 0 aliphatic rings. The van der Waals surface area contributed by atoms with Gasteiger partial charge in [-0.25, -0.2) is 0 Å². The second-order valence-electron chi connectivity index (χ2n) is 5.03. The average molecular weight is 347 g/mol. The van der Waals surface area contributed by atoms with E-state index in [1.54, 1.807) is 4.90 Å². The Balaban J connectivity index is 2.04. The van der Waals surface area contributed by atoms with Gasteiger partial charge in [0.05, 0.1) is 0 Å². The van der Waals surface area contributed by atoms with Crippen LogP contribution in [0.4, 0.5) is 0 Å². The molecule has 0 aliphatic carbocycles. The summed E-state index contributed by atoms with van der Waals surface area (Å²) in [6.45, 7) is 1.21. The molecule has 2 aromatic carbocycles. The summed E-state index contributed by atoms with van der Waals surface area (Å²) >= 11 is 3.44. The molecule has 0 bridgehead atoms. The lowest BCUT2D eigenvalue weighted by Gasteiger charge is -2.17. The van der Waals surface area contributed by atoms with E-state index < -0.39 is 0 Å². The fourth-order valence-corrected chi connectivity index (χ4v) is 2.63. The van der Waals surface area contributed by atoms with Crippen LogP contribution in [0.25, 0.3) is 0 Å². The van der Waals surface area contributed by atoms with Crippen LogP contribution in [0, 0.1) is 0 Å². The summed E-state index contributed by atoms with van der Waals surface area (Å²) in [6.07, 6.45) is 0.836. The topological polar surface area (TPSA) is 46.3 Å². The first-order valence-electron chi connectivity index (χ1n) is 6.89. The van der Waals surface area contributed by atoms with E-state index in [0.717, 1.165) is 22.0 Å². The lowest BCUT2D eigenvalue weighted by atomic mass is 10.1. The Morgan fingerprint density at radius 3 is 2.48 bits per heavy atom. The number of nitrogens with two attached hydrogens (primary N) is 1. The highest BCUT2D eigenvalue weighted by Gasteiger charge is 2.12. The van der Waals surface area contributed by atoms with Crippen LogP contribution < -0.4 is 5.73 Å². The van der Waals surface area contributed by atoms with E-state index in [2.05, 4.69) is 15.9 Å². The highest BCUT2D eigenvalue weighted by molar-refractivity contribution is 9.10. The van der Waals surface area contributed by atoms with E-state index in [1.807, 2.05) is 55.6 Å². The maximum absolute atomic E-state index is 12.4. The van der Waals surface area contributed by atoms with Crippen LogP contribution in [0.15, 0.2) is 53.0 Å². The number of halogens is 1. The summed E-state index contributed by atoms with van der Waals surface area (Å²) in [5, 5.41) is 0. The maximum Gasteiger partial charge on any atom is 0.253 e. The van der Waals surface area contributed by atoms with Crippen molar-refractivity contribution in [2.24, 2.45) is 5.73 Å². The Labute approximate surface area is 133 Å². The molecule has 0 unspecified atom stereocenters. The van der Waals surface area contributed by atoms with Gasteiger partial charge in [0.1, 0.15) is 0 Å². The number of benzene rings is 2. The minimum atomic E-state index is 0.0225. The Hall–Kier alpha value is -1.65. The van der Waals surface area contributed by atoms with Gasteiger partial charge in [0.15, 0.2) is 0 Å². The van der Waals surface area contributed by atoms with Crippen molar-refractivity contribution in [3.05, 3.63) is 69.7 Å². The zero-order valence-corrected chi connectivity index (χ0v) is 13.6. The van der Waals surface area contributed by atoms with Crippen molar-refractivity contribution in [2.75, 3.05) is 13.6 Å². The standard InChI is InChI=1S/C17H19BrN2O/c1-20(12-14-3-2-4-16(18)11-14)17(21)15-7-5-13(6-8-15)9-10-19/h2-8,11H,9-10,12,19H2,1H3. The molecule has 0 aliphatic heterocycles. The third kappa shape index (κ3) is 4.41. The van der Waals surface area contributed by atoms with Crippen LogP contribution in [0.2, 0.25) is 0 Å². The largest absolute Gasteiger partial charge is 0.337 e. The van der Waals surface area contributed by atoms with Gasteiger partial charge in [0.25, 0.3) is 5.91 Å². The maximum atomic E-state index is 12.4. The minimum Gasteiger partial charge on any atom is -0.337 e. The molecule has 21 heavy (non-hydrogen) atoms. The first-order valence-corrected chi connectivity index (χ1v) is 7.68. The number of rotatable bonds is 5. The van der Waals surface area contributed by atoms with Gasteiger partial charge in [0, 0.05) is 23.6 Å². The smallest absolute Gasteiger partial charge is 0.253 e. The summed E-state index contributed by atoms with van der Waals surface area (Å²) in [6, 6.07) is 15.6. The number of nitrogens with zero attached hydrogens (tertiary/aromatic N) is 1. The molecule has 0 spiro atoms. The highest BCUT2D eigenvalue weighted by Crippen LogP contribution is 2.14. The zero-order valence-electron chi connectivity index (χ0n) is 12.1. The molecule has 0 saturated carbocycles. The predicted octanol–water partition coefficient (Wildman–Crippen LogP) is 3.22. The average Bonchev–Trinajstić information content (AvgIpc) is 2.47. The van der Waals surface area contributed by atoms with Gasteiger partial charge < -0.3 is 10.6 Å². The number of carbonyl (C=O) groups excluding carboxylic acids is 1. The van der Waals surface area contributed by atoms with Gasteiger partial charge in [-0.3, -0.25) is 4.79 Å². The molecule has 0 atom stereocenters. The normalized spacial score (nSPS) is 10.4. The second-order valence-corrected chi connectivity index (χ2v) is 5.94. The van der Waals surface area contributed by atoms with E-state index in [-0.39, 0.29) is 5.91 Å². The second kappa shape index (κ2) is 7.38. The van der Waals surface area contributed by atoms with Crippen molar-refractivity contribution >= 4 is 21.8 Å². The van der Waals surface area contributed by atoms with Crippen molar-refractivity contribution in [1.82, 2.24) is 4.90 Å². The number of carbonyl (C=O) groups is 1. The van der Waals surface area contributed by atoms with Crippen molar-refractivity contribution in [3.8, 4) is 0 Å². The molecular formula is C17H19BrN2O. The molecule has 0 fully saturated rings. The predicted molar refractivity (Wildman–Crippen MR) is 89.1 cm³/mol. The lowest BCUT2D eigenvalue weighted by molar-refractivity contribution is 0.0785. The van der Waals surface area contributed by atoms with Crippen LogP contribution in [-0.4, -0.2) is 24.4 Å². The van der Waals surface area contributed by atoms with Gasteiger partial charge in [-0.1, -0.05) is 40.2 Å². The molecule has 2 N–H and O–H groups in total. The van der Waals surface area contributed by atoms with Crippen LogP contribution in [0.3, 0.4) is 0 Å². The number of hydrogen-bond donors (Lipinski definition) is 1. The van der Waals surface area contributed by atoms with Gasteiger partial charge in [-0.05, 0) is 48.4 Å². The number of hydrogen-bond acceptors (Lipinski definition) is 2. The minimum absolute atomic E-state index is 0.0225. The first-order chi connectivity index (χ1) is 10.1. The zero-order chi connectivity index (χ0) is 15.2. The molecule has 1 amide bonds. The van der Waals surface area contributed by atoms with Crippen molar-refractivity contribution in [1.29, 1.82) is 0 Å². The Bertz CT molecular complexity index is 610. The molecule has 110 valence electrons. The summed E-state index contributed by atoms with van der Waals surface area (Å²) in [5.41, 5.74) is 8.48. The molecule has 2 rings (SSSR count).